The van der Waals surface area contributed by atoms with Crippen molar-refractivity contribution in [3.63, 3.8) is 0 Å². The summed E-state index contributed by atoms with van der Waals surface area (Å²) < 4.78 is 2.34. The van der Waals surface area contributed by atoms with E-state index in [1.165, 1.54) is 4.52 Å². The van der Waals surface area contributed by atoms with Crippen molar-refractivity contribution in [1.82, 2.24) is 14.6 Å². The molecule has 3 heterocycles. The first kappa shape index (κ1) is 23.4. The summed E-state index contributed by atoms with van der Waals surface area (Å²) in [5.41, 5.74) is 4.12. The van der Waals surface area contributed by atoms with Crippen LogP contribution in [0.25, 0.3) is 21.9 Å². The second-order valence-electron chi connectivity index (χ2n) is 8.40. The van der Waals surface area contributed by atoms with Crippen molar-refractivity contribution in [3.8, 4) is 11.4 Å². The standard InChI is InChI=1S/C26H15BrCl2N4O2S/c1-13-2-4-14(5-3-13)12-32-20-9-6-15(27)10-18(20)21(24(32)34)22-25(35)33-26(36-22)30-23(31-33)17-8-7-16(28)11-19(17)29/h2-11H,12H2,1H3/b22-21-. The predicted octanol–water partition coefficient (Wildman–Crippen LogP) is 5.66. The van der Waals surface area contributed by atoms with E-state index in [0.29, 0.717) is 48.6 Å². The van der Waals surface area contributed by atoms with Crippen molar-refractivity contribution in [2.45, 2.75) is 13.5 Å². The van der Waals surface area contributed by atoms with Crippen molar-refractivity contribution >= 4 is 72.6 Å². The molecule has 2 aromatic heterocycles. The van der Waals surface area contributed by atoms with Gasteiger partial charge < -0.3 is 4.90 Å². The number of fused-ring (bicyclic) bond motifs is 2. The van der Waals surface area contributed by atoms with E-state index in [0.717, 1.165) is 32.6 Å². The van der Waals surface area contributed by atoms with E-state index in [2.05, 4.69) is 26.0 Å². The summed E-state index contributed by atoms with van der Waals surface area (Å²) in [7, 11) is 0. The average molecular weight is 598 g/mol. The number of carbonyl (C=O) groups excluding carboxylic acids is 1. The van der Waals surface area contributed by atoms with Gasteiger partial charge in [-0.2, -0.15) is 9.50 Å². The molecule has 3 aromatic carbocycles. The number of hydrogen-bond acceptors (Lipinski definition) is 5. The van der Waals surface area contributed by atoms with Gasteiger partial charge in [0, 0.05) is 20.6 Å². The third kappa shape index (κ3) is 3.85. The molecule has 1 aliphatic rings. The Hall–Kier alpha value is -3.04. The molecular weight excluding hydrogens is 583 g/mol. The molecule has 0 radical (unpaired) electrons. The molecule has 0 saturated heterocycles. The maximum atomic E-state index is 13.7. The molecule has 0 atom stereocenters. The first-order valence-electron chi connectivity index (χ1n) is 10.9. The maximum absolute atomic E-state index is 13.7. The van der Waals surface area contributed by atoms with Gasteiger partial charge in [0.25, 0.3) is 11.5 Å². The van der Waals surface area contributed by atoms with Gasteiger partial charge in [0.15, 0.2) is 5.82 Å². The summed E-state index contributed by atoms with van der Waals surface area (Å²) in [6.07, 6.45) is 0. The summed E-state index contributed by atoms with van der Waals surface area (Å²) in [5, 5.41) is 5.27. The number of rotatable bonds is 3. The highest BCUT2D eigenvalue weighted by Crippen LogP contribution is 2.38. The van der Waals surface area contributed by atoms with Gasteiger partial charge in [0.05, 0.1) is 22.8 Å². The van der Waals surface area contributed by atoms with Crippen LogP contribution in [0.4, 0.5) is 5.69 Å². The van der Waals surface area contributed by atoms with Crippen molar-refractivity contribution in [2.24, 2.45) is 0 Å². The number of carbonyl (C=O) groups is 1. The number of nitrogens with zero attached hydrogens (tertiary/aromatic N) is 4. The Labute approximate surface area is 227 Å². The minimum absolute atomic E-state index is 0.230. The van der Waals surface area contributed by atoms with Crippen LogP contribution in [0.3, 0.4) is 0 Å². The summed E-state index contributed by atoms with van der Waals surface area (Å²) in [5.74, 6) is 0.0877. The highest BCUT2D eigenvalue weighted by Gasteiger charge is 2.34. The van der Waals surface area contributed by atoms with Crippen molar-refractivity contribution < 1.29 is 4.79 Å². The van der Waals surface area contributed by atoms with Crippen LogP contribution < -0.4 is 15.0 Å². The van der Waals surface area contributed by atoms with E-state index in [9.17, 15) is 9.59 Å². The van der Waals surface area contributed by atoms with Crippen LogP contribution in [0.1, 0.15) is 16.7 Å². The lowest BCUT2D eigenvalue weighted by molar-refractivity contribution is -0.113. The molecule has 6 rings (SSSR count). The minimum atomic E-state index is -0.398. The number of aromatic nitrogens is 3. The molecule has 36 heavy (non-hydrogen) atoms. The van der Waals surface area contributed by atoms with Gasteiger partial charge in [-0.15, -0.1) is 5.10 Å². The monoisotopic (exact) mass is 596 g/mol. The van der Waals surface area contributed by atoms with Gasteiger partial charge in [-0.25, -0.2) is 0 Å². The van der Waals surface area contributed by atoms with E-state index in [1.54, 1.807) is 23.1 Å². The second-order valence-corrected chi connectivity index (χ2v) is 11.1. The van der Waals surface area contributed by atoms with Gasteiger partial charge in [-0.1, -0.05) is 80.3 Å². The Bertz CT molecular complexity index is 1810. The van der Waals surface area contributed by atoms with E-state index in [-0.39, 0.29) is 5.91 Å². The molecule has 0 saturated carbocycles. The number of aryl methyl sites for hydroxylation is 1. The first-order chi connectivity index (χ1) is 17.3. The maximum Gasteiger partial charge on any atom is 0.291 e. The third-order valence-electron chi connectivity index (χ3n) is 6.00. The number of hydrogen-bond donors (Lipinski definition) is 0. The molecule has 178 valence electrons. The highest BCUT2D eigenvalue weighted by molar-refractivity contribution is 9.10. The van der Waals surface area contributed by atoms with Crippen LogP contribution in [0.15, 0.2) is 69.9 Å². The number of halogens is 3. The van der Waals surface area contributed by atoms with E-state index in [4.69, 9.17) is 23.2 Å². The molecule has 0 spiro atoms. The summed E-state index contributed by atoms with van der Waals surface area (Å²) in [6, 6.07) is 18.7. The van der Waals surface area contributed by atoms with Crippen LogP contribution in [-0.2, 0) is 11.3 Å². The van der Waals surface area contributed by atoms with Crippen molar-refractivity contribution in [1.29, 1.82) is 0 Å². The van der Waals surface area contributed by atoms with E-state index in [1.807, 2.05) is 49.4 Å². The molecule has 1 amide bonds. The summed E-state index contributed by atoms with van der Waals surface area (Å²) in [4.78, 5) is 33.8. The molecule has 0 unspecified atom stereocenters. The van der Waals surface area contributed by atoms with Crippen LogP contribution in [0.2, 0.25) is 10.0 Å². The second kappa shape index (κ2) is 8.81. The Morgan fingerprint density at radius 1 is 0.972 bits per heavy atom. The van der Waals surface area contributed by atoms with Gasteiger partial charge >= 0.3 is 0 Å². The molecule has 0 aliphatic carbocycles. The average Bonchev–Trinajstić information content (AvgIpc) is 3.46. The van der Waals surface area contributed by atoms with Gasteiger partial charge in [0.1, 0.15) is 4.53 Å². The number of thiazole rings is 1. The normalized spacial score (nSPS) is 14.7. The molecular formula is C26H15BrCl2N4O2S. The minimum Gasteiger partial charge on any atom is -0.303 e. The fraction of sp³-hybridized carbons (Fsp3) is 0.0769. The third-order valence-corrected chi connectivity index (χ3v) is 8.07. The van der Waals surface area contributed by atoms with Gasteiger partial charge in [-0.05, 0) is 48.9 Å². The van der Waals surface area contributed by atoms with Crippen LogP contribution >= 0.6 is 50.5 Å². The highest BCUT2D eigenvalue weighted by atomic mass is 79.9. The number of amides is 1. The molecule has 0 bridgehead atoms. The molecule has 1 aliphatic heterocycles. The fourth-order valence-corrected chi connectivity index (χ4v) is 6.08. The largest absolute Gasteiger partial charge is 0.303 e. The predicted molar refractivity (Wildman–Crippen MR) is 147 cm³/mol. The molecule has 6 nitrogen and oxygen atoms in total. The Kier molecular flexibility index (Phi) is 5.72. The number of anilines is 1. The van der Waals surface area contributed by atoms with Gasteiger partial charge in [0.2, 0.25) is 4.96 Å². The molecule has 10 heteroatoms. The lowest BCUT2D eigenvalue weighted by Gasteiger charge is -2.17. The van der Waals surface area contributed by atoms with Crippen LogP contribution in [0, 0.1) is 6.92 Å². The van der Waals surface area contributed by atoms with Crippen LogP contribution in [-0.4, -0.2) is 20.5 Å². The quantitative estimate of drug-likeness (QED) is 0.269. The molecule has 0 N–H and O–H groups in total. The first-order valence-corrected chi connectivity index (χ1v) is 13.2. The van der Waals surface area contributed by atoms with E-state index < -0.39 is 5.56 Å². The lowest BCUT2D eigenvalue weighted by Crippen LogP contribution is -2.32. The lowest BCUT2D eigenvalue weighted by atomic mass is 10.1. The fourth-order valence-electron chi connectivity index (χ4n) is 4.23. The SMILES string of the molecule is Cc1ccc(CN2C(=O)/C(=c3\sc4nc(-c5ccc(Cl)cc5Cl)nn4c3=O)c3cc(Br)ccc32)cc1. The number of benzene rings is 3. The molecule has 5 aromatic rings. The molecule has 0 fully saturated rings. The van der Waals surface area contributed by atoms with Gasteiger partial charge in [-0.3, -0.25) is 9.59 Å². The van der Waals surface area contributed by atoms with Crippen molar-refractivity contribution in [3.05, 3.63) is 107 Å². The zero-order chi connectivity index (χ0) is 25.1. The summed E-state index contributed by atoms with van der Waals surface area (Å²) in [6.45, 7) is 2.41. The summed E-state index contributed by atoms with van der Waals surface area (Å²) >= 11 is 16.9. The van der Waals surface area contributed by atoms with Crippen LogP contribution in [0.5, 0.6) is 0 Å². The Balaban J connectivity index is 1.50. The van der Waals surface area contributed by atoms with Crippen molar-refractivity contribution in [2.75, 3.05) is 4.90 Å². The zero-order valence-electron chi connectivity index (χ0n) is 18.6. The zero-order valence-corrected chi connectivity index (χ0v) is 22.5. The smallest absolute Gasteiger partial charge is 0.291 e. The Morgan fingerprint density at radius 3 is 2.47 bits per heavy atom. The topological polar surface area (TPSA) is 67.6 Å². The Morgan fingerprint density at radius 2 is 1.75 bits per heavy atom. The van der Waals surface area contributed by atoms with E-state index >= 15 is 0 Å².